The highest BCUT2D eigenvalue weighted by Gasteiger charge is 2.06. The molecule has 20 heavy (non-hydrogen) atoms. The SMILES string of the molecule is CCSc1nc2ccc(NC(=O)C=CC(=O)O)cc2s1. The molecule has 0 radical (unpaired) electrons. The molecule has 0 spiro atoms. The molecule has 0 saturated heterocycles. The maximum atomic E-state index is 11.5. The quantitative estimate of drug-likeness (QED) is 0.655. The van der Waals surface area contributed by atoms with Crippen LogP contribution in [0.1, 0.15) is 6.92 Å². The molecule has 104 valence electrons. The smallest absolute Gasteiger partial charge is 0.328 e. The van der Waals surface area contributed by atoms with Gasteiger partial charge in [0.1, 0.15) is 0 Å². The highest BCUT2D eigenvalue weighted by molar-refractivity contribution is 8.01. The second-order valence-corrected chi connectivity index (χ2v) is 6.30. The molecule has 0 atom stereocenters. The van der Waals surface area contributed by atoms with Crippen molar-refractivity contribution in [2.24, 2.45) is 0 Å². The van der Waals surface area contributed by atoms with Gasteiger partial charge in [-0.2, -0.15) is 0 Å². The van der Waals surface area contributed by atoms with Gasteiger partial charge in [0.2, 0.25) is 5.91 Å². The molecule has 0 aliphatic carbocycles. The van der Waals surface area contributed by atoms with Gasteiger partial charge in [0.15, 0.2) is 4.34 Å². The number of hydrogen-bond acceptors (Lipinski definition) is 5. The van der Waals surface area contributed by atoms with E-state index in [2.05, 4.69) is 17.2 Å². The van der Waals surface area contributed by atoms with E-state index in [4.69, 9.17) is 5.11 Å². The molecule has 2 aromatic rings. The van der Waals surface area contributed by atoms with Crippen LogP contribution in [0.5, 0.6) is 0 Å². The van der Waals surface area contributed by atoms with Gasteiger partial charge in [-0.3, -0.25) is 4.79 Å². The van der Waals surface area contributed by atoms with Crippen molar-refractivity contribution in [1.82, 2.24) is 4.98 Å². The third kappa shape index (κ3) is 3.82. The zero-order valence-electron chi connectivity index (χ0n) is 10.6. The van der Waals surface area contributed by atoms with E-state index in [1.165, 1.54) is 0 Å². The summed E-state index contributed by atoms with van der Waals surface area (Å²) in [4.78, 5) is 26.3. The van der Waals surface area contributed by atoms with Gasteiger partial charge in [-0.05, 0) is 24.0 Å². The molecule has 0 bridgehead atoms. The Labute approximate surface area is 123 Å². The molecule has 1 amide bonds. The molecule has 2 N–H and O–H groups in total. The number of nitrogens with one attached hydrogen (secondary N) is 1. The van der Waals surface area contributed by atoms with Gasteiger partial charge >= 0.3 is 5.97 Å². The van der Waals surface area contributed by atoms with E-state index in [-0.39, 0.29) is 0 Å². The van der Waals surface area contributed by atoms with Crippen molar-refractivity contribution in [3.05, 3.63) is 30.4 Å². The topological polar surface area (TPSA) is 79.3 Å². The summed E-state index contributed by atoms with van der Waals surface area (Å²) in [6.07, 6.45) is 1.79. The molecule has 0 aliphatic heterocycles. The van der Waals surface area contributed by atoms with E-state index in [1.54, 1.807) is 29.2 Å². The van der Waals surface area contributed by atoms with Crippen LogP contribution >= 0.6 is 23.1 Å². The average molecular weight is 308 g/mol. The predicted octanol–water partition coefficient (Wildman–Crippen LogP) is 2.99. The van der Waals surface area contributed by atoms with Crippen molar-refractivity contribution in [1.29, 1.82) is 0 Å². The highest BCUT2D eigenvalue weighted by atomic mass is 32.2. The molecule has 7 heteroatoms. The number of benzene rings is 1. The number of carbonyl (C=O) groups is 2. The van der Waals surface area contributed by atoms with Gasteiger partial charge in [-0.25, -0.2) is 9.78 Å². The normalized spacial score (nSPS) is 11.1. The third-order valence-electron chi connectivity index (χ3n) is 2.28. The van der Waals surface area contributed by atoms with Crippen LogP contribution in [-0.2, 0) is 9.59 Å². The van der Waals surface area contributed by atoms with E-state index in [9.17, 15) is 9.59 Å². The Morgan fingerprint density at radius 2 is 2.25 bits per heavy atom. The Morgan fingerprint density at radius 1 is 1.45 bits per heavy atom. The fourth-order valence-corrected chi connectivity index (χ4v) is 3.50. The largest absolute Gasteiger partial charge is 0.478 e. The Morgan fingerprint density at radius 3 is 2.95 bits per heavy atom. The first-order valence-corrected chi connectivity index (χ1v) is 7.64. The summed E-state index contributed by atoms with van der Waals surface area (Å²) >= 11 is 3.25. The van der Waals surface area contributed by atoms with Crippen LogP contribution in [0, 0.1) is 0 Å². The van der Waals surface area contributed by atoms with Crippen LogP contribution in [-0.4, -0.2) is 27.7 Å². The minimum absolute atomic E-state index is 0.473. The zero-order chi connectivity index (χ0) is 14.5. The van der Waals surface area contributed by atoms with Crippen LogP contribution in [0.15, 0.2) is 34.7 Å². The number of carboxylic acids is 1. The first kappa shape index (κ1) is 14.5. The van der Waals surface area contributed by atoms with Crippen LogP contribution in [0.3, 0.4) is 0 Å². The summed E-state index contributed by atoms with van der Waals surface area (Å²) in [5.74, 6) is -0.664. The van der Waals surface area contributed by atoms with Gasteiger partial charge in [-0.1, -0.05) is 18.7 Å². The number of amides is 1. The number of anilines is 1. The van der Waals surface area contributed by atoms with Crippen LogP contribution < -0.4 is 5.32 Å². The zero-order valence-corrected chi connectivity index (χ0v) is 12.3. The van der Waals surface area contributed by atoms with Crippen LogP contribution in [0.4, 0.5) is 5.69 Å². The standard InChI is InChI=1S/C13H12N2O3S2/c1-2-19-13-15-9-4-3-8(7-10(9)20-13)14-11(16)5-6-12(17)18/h3-7H,2H2,1H3,(H,14,16)(H,17,18). The number of aromatic nitrogens is 1. The number of fused-ring (bicyclic) bond motifs is 1. The second-order valence-electron chi connectivity index (χ2n) is 3.76. The summed E-state index contributed by atoms with van der Waals surface area (Å²) in [5, 5.41) is 11.1. The van der Waals surface area contributed by atoms with Gasteiger partial charge < -0.3 is 10.4 Å². The molecular weight excluding hydrogens is 296 g/mol. The van der Waals surface area contributed by atoms with Gasteiger partial charge in [0, 0.05) is 17.8 Å². The third-order valence-corrected chi connectivity index (χ3v) is 4.32. The summed E-state index contributed by atoms with van der Waals surface area (Å²) in [6, 6.07) is 5.41. The molecule has 0 fully saturated rings. The summed E-state index contributed by atoms with van der Waals surface area (Å²) < 4.78 is 1.98. The number of aliphatic carboxylic acids is 1. The lowest BCUT2D eigenvalue weighted by molar-refractivity contribution is -0.131. The van der Waals surface area contributed by atoms with Crippen LogP contribution in [0.2, 0.25) is 0 Å². The fraction of sp³-hybridized carbons (Fsp3) is 0.154. The summed E-state index contributed by atoms with van der Waals surface area (Å²) in [6.45, 7) is 2.07. The molecule has 1 heterocycles. The molecule has 0 aliphatic rings. The number of rotatable bonds is 5. The Hall–Kier alpha value is -1.86. The van der Waals surface area contributed by atoms with Crippen molar-refractivity contribution in [3.8, 4) is 0 Å². The first-order chi connectivity index (χ1) is 9.58. The van der Waals surface area contributed by atoms with Gasteiger partial charge in [0.05, 0.1) is 10.2 Å². The minimum atomic E-state index is -1.15. The number of thiazole rings is 1. The first-order valence-electron chi connectivity index (χ1n) is 5.84. The predicted molar refractivity (Wildman–Crippen MR) is 81.4 cm³/mol. The van der Waals surface area contributed by atoms with Crippen molar-refractivity contribution in [3.63, 3.8) is 0 Å². The monoisotopic (exact) mass is 308 g/mol. The van der Waals surface area contributed by atoms with Gasteiger partial charge in [-0.15, -0.1) is 11.3 Å². The van der Waals surface area contributed by atoms with E-state index in [0.717, 1.165) is 32.5 Å². The number of hydrogen-bond donors (Lipinski definition) is 2. The molecule has 1 aromatic carbocycles. The lowest BCUT2D eigenvalue weighted by Gasteiger charge is -2.00. The van der Waals surface area contributed by atoms with E-state index in [0.29, 0.717) is 5.69 Å². The maximum absolute atomic E-state index is 11.5. The number of carboxylic acid groups (broad SMARTS) is 1. The van der Waals surface area contributed by atoms with E-state index < -0.39 is 11.9 Å². The lowest BCUT2D eigenvalue weighted by atomic mass is 10.3. The maximum Gasteiger partial charge on any atom is 0.328 e. The molecule has 0 saturated carbocycles. The van der Waals surface area contributed by atoms with Crippen LogP contribution in [0.25, 0.3) is 10.2 Å². The van der Waals surface area contributed by atoms with Crippen molar-refractivity contribution in [2.75, 3.05) is 11.1 Å². The fourth-order valence-electron chi connectivity index (χ4n) is 1.50. The van der Waals surface area contributed by atoms with E-state index >= 15 is 0 Å². The minimum Gasteiger partial charge on any atom is -0.478 e. The number of carbonyl (C=O) groups excluding carboxylic acids is 1. The average Bonchev–Trinajstić information content (AvgIpc) is 2.78. The number of thioether (sulfide) groups is 1. The molecular formula is C13H12N2O3S2. The molecule has 2 rings (SSSR count). The lowest BCUT2D eigenvalue weighted by Crippen LogP contribution is -2.08. The Kier molecular flexibility index (Phi) is 4.75. The summed E-state index contributed by atoms with van der Waals surface area (Å²) in [7, 11) is 0. The van der Waals surface area contributed by atoms with Crippen molar-refractivity contribution < 1.29 is 14.7 Å². The van der Waals surface area contributed by atoms with Gasteiger partial charge in [0.25, 0.3) is 0 Å². The van der Waals surface area contributed by atoms with Crippen molar-refractivity contribution in [2.45, 2.75) is 11.3 Å². The molecule has 5 nitrogen and oxygen atoms in total. The van der Waals surface area contributed by atoms with E-state index in [1.807, 2.05) is 12.1 Å². The van der Waals surface area contributed by atoms with Crippen molar-refractivity contribution >= 4 is 50.9 Å². The summed E-state index contributed by atoms with van der Waals surface area (Å²) in [5.41, 5.74) is 1.51. The highest BCUT2D eigenvalue weighted by Crippen LogP contribution is 2.30. The molecule has 1 aromatic heterocycles. The number of nitrogens with zero attached hydrogens (tertiary/aromatic N) is 1. The molecule has 0 unspecified atom stereocenters. The Balaban J connectivity index is 2.15. The Bertz CT molecular complexity index is 679. The second kappa shape index (κ2) is 6.53.